The molecule has 0 spiro atoms. The molecule has 0 bridgehead atoms. The molecule has 0 radical (unpaired) electrons. The van der Waals surface area contributed by atoms with Crippen LogP contribution in [0.1, 0.15) is 46.5 Å². The molecule has 0 unspecified atom stereocenters. The first-order chi connectivity index (χ1) is 6.94. The fraction of sp³-hybridized carbons (Fsp3) is 0.833. The van der Waals surface area contributed by atoms with Crippen molar-refractivity contribution >= 4 is 5.91 Å². The van der Waals surface area contributed by atoms with Gasteiger partial charge in [-0.3, -0.25) is 4.79 Å². The van der Waals surface area contributed by atoms with Gasteiger partial charge in [0.1, 0.15) is 5.54 Å². The Hall–Kier alpha value is -1.04. The van der Waals surface area contributed by atoms with E-state index in [4.69, 9.17) is 5.26 Å². The van der Waals surface area contributed by atoms with Gasteiger partial charge in [-0.25, -0.2) is 0 Å². The topological polar surface area (TPSA) is 52.9 Å². The number of rotatable bonds is 2. The van der Waals surface area contributed by atoms with Crippen molar-refractivity contribution in [2.45, 2.75) is 52.0 Å². The van der Waals surface area contributed by atoms with E-state index in [-0.39, 0.29) is 11.8 Å². The number of carbonyl (C=O) groups excluding carboxylic acids is 1. The summed E-state index contributed by atoms with van der Waals surface area (Å²) < 4.78 is 0. The van der Waals surface area contributed by atoms with Gasteiger partial charge in [0.25, 0.3) is 0 Å². The molecule has 1 saturated carbocycles. The van der Waals surface area contributed by atoms with Gasteiger partial charge in [0, 0.05) is 5.92 Å². The Morgan fingerprint density at radius 2 is 1.87 bits per heavy atom. The monoisotopic (exact) mass is 208 g/mol. The zero-order valence-electron chi connectivity index (χ0n) is 9.84. The van der Waals surface area contributed by atoms with E-state index in [0.29, 0.717) is 0 Å². The second kappa shape index (κ2) is 4.65. The maximum Gasteiger partial charge on any atom is 0.224 e. The Morgan fingerprint density at radius 3 is 2.33 bits per heavy atom. The lowest BCUT2D eigenvalue weighted by molar-refractivity contribution is -0.127. The van der Waals surface area contributed by atoms with Crippen molar-refractivity contribution in [3.8, 4) is 6.07 Å². The van der Waals surface area contributed by atoms with Crippen LogP contribution in [-0.2, 0) is 4.79 Å². The molecular weight excluding hydrogens is 188 g/mol. The fourth-order valence-corrected chi connectivity index (χ4v) is 1.96. The predicted octanol–water partition coefficient (Wildman–Crippen LogP) is 2.23. The molecule has 1 N–H and O–H groups in total. The van der Waals surface area contributed by atoms with E-state index < -0.39 is 5.54 Å². The molecule has 0 heterocycles. The Labute approximate surface area is 91.9 Å². The minimum absolute atomic E-state index is 0.0495. The van der Waals surface area contributed by atoms with Crippen molar-refractivity contribution in [1.82, 2.24) is 5.32 Å². The van der Waals surface area contributed by atoms with Crippen LogP contribution in [0.15, 0.2) is 0 Å². The SMILES string of the molecule is CC1CCC(C(=O)NC(C)(C)C#N)CC1. The van der Waals surface area contributed by atoms with Gasteiger partial charge >= 0.3 is 0 Å². The highest BCUT2D eigenvalue weighted by atomic mass is 16.2. The van der Waals surface area contributed by atoms with Crippen LogP contribution in [0.3, 0.4) is 0 Å². The molecule has 0 saturated heterocycles. The van der Waals surface area contributed by atoms with Crippen molar-refractivity contribution < 1.29 is 4.79 Å². The summed E-state index contributed by atoms with van der Waals surface area (Å²) in [4.78, 5) is 11.8. The number of nitriles is 1. The molecule has 0 atom stereocenters. The highest BCUT2D eigenvalue weighted by Gasteiger charge is 2.28. The summed E-state index contributed by atoms with van der Waals surface area (Å²) in [6.45, 7) is 5.69. The first-order valence-corrected chi connectivity index (χ1v) is 5.68. The van der Waals surface area contributed by atoms with Crippen molar-refractivity contribution in [3.05, 3.63) is 0 Å². The number of carbonyl (C=O) groups is 1. The summed E-state index contributed by atoms with van der Waals surface area (Å²) >= 11 is 0. The summed E-state index contributed by atoms with van der Waals surface area (Å²) in [5.41, 5.74) is -0.736. The third-order valence-corrected chi connectivity index (χ3v) is 3.10. The minimum Gasteiger partial charge on any atom is -0.338 e. The summed E-state index contributed by atoms with van der Waals surface area (Å²) in [6.07, 6.45) is 4.19. The zero-order chi connectivity index (χ0) is 11.5. The Kier molecular flexibility index (Phi) is 3.73. The van der Waals surface area contributed by atoms with Crippen LogP contribution < -0.4 is 5.32 Å². The van der Waals surface area contributed by atoms with Gasteiger partial charge in [-0.2, -0.15) is 5.26 Å². The molecule has 3 nitrogen and oxygen atoms in total. The molecule has 84 valence electrons. The quantitative estimate of drug-likeness (QED) is 0.756. The number of nitrogens with one attached hydrogen (secondary N) is 1. The number of amides is 1. The molecule has 1 aliphatic carbocycles. The molecule has 0 aromatic carbocycles. The highest BCUT2D eigenvalue weighted by Crippen LogP contribution is 2.28. The smallest absolute Gasteiger partial charge is 0.224 e. The normalized spacial score (nSPS) is 26.8. The number of hydrogen-bond acceptors (Lipinski definition) is 2. The van der Waals surface area contributed by atoms with Gasteiger partial charge in [0.05, 0.1) is 6.07 Å². The maximum absolute atomic E-state index is 11.8. The van der Waals surface area contributed by atoms with E-state index in [9.17, 15) is 4.79 Å². The lowest BCUT2D eigenvalue weighted by Gasteiger charge is -2.27. The highest BCUT2D eigenvalue weighted by molar-refractivity contribution is 5.79. The Balaban J connectivity index is 2.45. The third-order valence-electron chi connectivity index (χ3n) is 3.10. The summed E-state index contributed by atoms with van der Waals surface area (Å²) in [7, 11) is 0. The first-order valence-electron chi connectivity index (χ1n) is 5.68. The Bertz CT molecular complexity index is 270. The first kappa shape index (κ1) is 12.0. The van der Waals surface area contributed by atoms with E-state index in [1.54, 1.807) is 13.8 Å². The molecule has 0 aromatic rings. The van der Waals surface area contributed by atoms with E-state index in [1.165, 1.54) is 0 Å². The average molecular weight is 208 g/mol. The van der Waals surface area contributed by atoms with Crippen LogP contribution in [0.25, 0.3) is 0 Å². The van der Waals surface area contributed by atoms with E-state index >= 15 is 0 Å². The molecule has 1 amide bonds. The van der Waals surface area contributed by atoms with E-state index in [2.05, 4.69) is 18.3 Å². The molecule has 1 rings (SSSR count). The van der Waals surface area contributed by atoms with Crippen molar-refractivity contribution in [2.75, 3.05) is 0 Å². The number of hydrogen-bond donors (Lipinski definition) is 1. The summed E-state index contributed by atoms with van der Waals surface area (Å²) in [5.74, 6) is 0.917. The molecule has 15 heavy (non-hydrogen) atoms. The lowest BCUT2D eigenvalue weighted by atomic mass is 9.82. The minimum atomic E-state index is -0.736. The molecule has 1 fully saturated rings. The molecular formula is C12H20N2O. The molecule has 3 heteroatoms. The van der Waals surface area contributed by atoms with Crippen LogP contribution in [0.5, 0.6) is 0 Å². The van der Waals surface area contributed by atoms with Crippen LogP contribution >= 0.6 is 0 Å². The standard InChI is InChI=1S/C12H20N2O/c1-9-4-6-10(7-5-9)11(15)14-12(2,3)8-13/h9-10H,4-7H2,1-3H3,(H,14,15). The van der Waals surface area contributed by atoms with Crippen LogP contribution in [0.2, 0.25) is 0 Å². The third kappa shape index (κ3) is 3.54. The average Bonchev–Trinajstić information content (AvgIpc) is 2.18. The predicted molar refractivity (Wildman–Crippen MR) is 59.0 cm³/mol. The molecule has 0 aromatic heterocycles. The number of nitrogens with zero attached hydrogens (tertiary/aromatic N) is 1. The maximum atomic E-state index is 11.8. The van der Waals surface area contributed by atoms with E-state index in [1.807, 2.05) is 0 Å². The molecule has 1 aliphatic rings. The second-order valence-corrected chi connectivity index (χ2v) is 5.18. The van der Waals surface area contributed by atoms with Crippen LogP contribution in [0.4, 0.5) is 0 Å². The Morgan fingerprint density at radius 1 is 1.33 bits per heavy atom. The van der Waals surface area contributed by atoms with Gasteiger partial charge in [-0.05, 0) is 45.4 Å². The van der Waals surface area contributed by atoms with Crippen molar-refractivity contribution in [3.63, 3.8) is 0 Å². The van der Waals surface area contributed by atoms with Crippen LogP contribution in [-0.4, -0.2) is 11.4 Å². The van der Waals surface area contributed by atoms with Gasteiger partial charge in [0.15, 0.2) is 0 Å². The van der Waals surface area contributed by atoms with Crippen molar-refractivity contribution in [1.29, 1.82) is 5.26 Å². The summed E-state index contributed by atoms with van der Waals surface area (Å²) in [5, 5.41) is 11.6. The van der Waals surface area contributed by atoms with Gasteiger partial charge < -0.3 is 5.32 Å². The van der Waals surface area contributed by atoms with Crippen molar-refractivity contribution in [2.24, 2.45) is 11.8 Å². The van der Waals surface area contributed by atoms with Gasteiger partial charge in [-0.1, -0.05) is 6.92 Å². The zero-order valence-corrected chi connectivity index (χ0v) is 9.84. The largest absolute Gasteiger partial charge is 0.338 e. The van der Waals surface area contributed by atoms with Crippen LogP contribution in [0, 0.1) is 23.2 Å². The fourth-order valence-electron chi connectivity index (χ4n) is 1.96. The van der Waals surface area contributed by atoms with Gasteiger partial charge in [-0.15, -0.1) is 0 Å². The molecule has 0 aliphatic heterocycles. The van der Waals surface area contributed by atoms with E-state index in [0.717, 1.165) is 31.6 Å². The van der Waals surface area contributed by atoms with Gasteiger partial charge in [0.2, 0.25) is 5.91 Å². The second-order valence-electron chi connectivity index (χ2n) is 5.18. The lowest BCUT2D eigenvalue weighted by Crippen LogP contribution is -2.45. The summed E-state index contributed by atoms with van der Waals surface area (Å²) in [6, 6.07) is 2.09.